The Morgan fingerprint density at radius 1 is 0.500 bits per heavy atom. The minimum Gasteiger partial charge on any atom is -0.0550 e. The molecule has 0 nitrogen and oxygen atoms in total. The quantitative estimate of drug-likeness (QED) is 0.410. The summed E-state index contributed by atoms with van der Waals surface area (Å²) >= 11 is 8.15. The van der Waals surface area contributed by atoms with Gasteiger partial charge in [-0.25, -0.2) is 0 Å². The van der Waals surface area contributed by atoms with E-state index in [4.69, 9.17) is 0 Å². The highest BCUT2D eigenvalue weighted by molar-refractivity contribution is 9.12. The van der Waals surface area contributed by atoms with Gasteiger partial charge in [-0.3, -0.25) is 0 Å². The summed E-state index contributed by atoms with van der Waals surface area (Å²) in [6, 6.07) is 0. The fourth-order valence-electron chi connectivity index (χ4n) is 7.90. The van der Waals surface area contributed by atoms with E-state index in [0.717, 1.165) is 0 Å². The fraction of sp³-hybridized carbons (Fsp3) is 0.818. The van der Waals surface area contributed by atoms with Crippen LogP contribution in [0.3, 0.4) is 0 Å². The van der Waals surface area contributed by atoms with Crippen LogP contribution in [0.15, 0.2) is 20.1 Å². The molecule has 130 valence electrons. The van der Waals surface area contributed by atoms with Gasteiger partial charge in [0.05, 0.1) is 0 Å². The van der Waals surface area contributed by atoms with Gasteiger partial charge >= 0.3 is 0 Å². The highest BCUT2D eigenvalue weighted by Crippen LogP contribution is 2.81. The summed E-state index contributed by atoms with van der Waals surface area (Å²) in [7, 11) is 0. The Hall–Kier alpha value is 0.440. The Balaban J connectivity index is 1.27. The summed E-state index contributed by atoms with van der Waals surface area (Å²) in [5.74, 6) is 0. The van der Waals surface area contributed by atoms with Crippen LogP contribution in [0.1, 0.15) is 89.9 Å². The molecule has 0 aromatic rings. The molecule has 4 saturated carbocycles. The van der Waals surface area contributed by atoms with Crippen molar-refractivity contribution in [2.75, 3.05) is 0 Å². The van der Waals surface area contributed by atoms with E-state index in [1.165, 1.54) is 89.9 Å². The molecule has 0 aromatic heterocycles. The van der Waals surface area contributed by atoms with Crippen molar-refractivity contribution in [1.82, 2.24) is 0 Å². The van der Waals surface area contributed by atoms with Crippen LogP contribution in [0.4, 0.5) is 0 Å². The fourth-order valence-corrected chi connectivity index (χ4v) is 10.6. The van der Waals surface area contributed by atoms with E-state index in [1.54, 1.807) is 8.96 Å². The molecule has 0 bridgehead atoms. The Morgan fingerprint density at radius 3 is 1.00 bits per heavy atom. The van der Waals surface area contributed by atoms with E-state index in [0.29, 0.717) is 21.7 Å². The average Bonchev–Trinajstić information content (AvgIpc) is 2.37. The van der Waals surface area contributed by atoms with E-state index >= 15 is 0 Å². The maximum Gasteiger partial charge on any atom is 0.0113 e. The number of hydrogen-bond acceptors (Lipinski definition) is 0. The lowest BCUT2D eigenvalue weighted by atomic mass is 9.35. The minimum atomic E-state index is 0.620. The largest absolute Gasteiger partial charge is 0.0550 e. The Kier molecular flexibility index (Phi) is 2.99. The van der Waals surface area contributed by atoms with E-state index in [-0.39, 0.29) is 0 Å². The van der Waals surface area contributed by atoms with E-state index in [1.807, 2.05) is 11.1 Å². The Morgan fingerprint density at radius 2 is 0.792 bits per heavy atom. The molecule has 6 aliphatic carbocycles. The Bertz CT molecular complexity index is 619. The molecule has 0 heterocycles. The van der Waals surface area contributed by atoms with E-state index in [9.17, 15) is 0 Å². The highest BCUT2D eigenvalue weighted by Gasteiger charge is 2.69. The zero-order chi connectivity index (χ0) is 16.2. The van der Waals surface area contributed by atoms with E-state index in [2.05, 4.69) is 31.9 Å². The van der Waals surface area contributed by atoms with Gasteiger partial charge in [-0.1, -0.05) is 68.7 Å². The van der Waals surface area contributed by atoms with Crippen LogP contribution < -0.4 is 0 Å². The predicted octanol–water partition coefficient (Wildman–Crippen LogP) is 7.77. The van der Waals surface area contributed by atoms with Gasteiger partial charge < -0.3 is 0 Å². The highest BCUT2D eigenvalue weighted by atomic mass is 79.9. The van der Waals surface area contributed by atoms with Crippen molar-refractivity contribution in [3.8, 4) is 0 Å². The van der Waals surface area contributed by atoms with Gasteiger partial charge in [0.25, 0.3) is 0 Å². The SMILES string of the molecule is BrC1=C(CCC2=C(Br)C3(CCC3)C23CCC3)C2(CCC2)C12CCC2. The van der Waals surface area contributed by atoms with Gasteiger partial charge in [-0.05, 0) is 64.2 Å². The van der Waals surface area contributed by atoms with Gasteiger partial charge in [0, 0.05) is 30.6 Å². The van der Waals surface area contributed by atoms with Crippen molar-refractivity contribution in [1.29, 1.82) is 0 Å². The Labute approximate surface area is 163 Å². The van der Waals surface area contributed by atoms with Crippen molar-refractivity contribution >= 4 is 31.9 Å². The van der Waals surface area contributed by atoms with E-state index < -0.39 is 0 Å². The molecule has 0 radical (unpaired) electrons. The first-order valence-electron chi connectivity index (χ1n) is 10.4. The maximum absolute atomic E-state index is 4.07. The molecule has 4 fully saturated rings. The molecule has 24 heavy (non-hydrogen) atoms. The van der Waals surface area contributed by atoms with Gasteiger partial charge in [0.1, 0.15) is 0 Å². The van der Waals surface area contributed by atoms with Crippen molar-refractivity contribution < 1.29 is 0 Å². The predicted molar refractivity (Wildman–Crippen MR) is 106 cm³/mol. The summed E-state index contributed by atoms with van der Waals surface area (Å²) in [5, 5.41) is 0. The van der Waals surface area contributed by atoms with Crippen molar-refractivity contribution in [3.63, 3.8) is 0 Å². The van der Waals surface area contributed by atoms with Crippen molar-refractivity contribution in [3.05, 3.63) is 20.1 Å². The monoisotopic (exact) mass is 450 g/mol. The molecule has 0 atom stereocenters. The third-order valence-electron chi connectivity index (χ3n) is 9.81. The first-order chi connectivity index (χ1) is 11.6. The summed E-state index contributed by atoms with van der Waals surface area (Å²) in [6.07, 6.45) is 20.4. The third kappa shape index (κ3) is 1.35. The summed E-state index contributed by atoms with van der Waals surface area (Å²) in [6.45, 7) is 0. The van der Waals surface area contributed by atoms with Crippen LogP contribution in [0.25, 0.3) is 0 Å². The van der Waals surface area contributed by atoms with Crippen LogP contribution in [0.2, 0.25) is 0 Å². The molecule has 0 unspecified atom stereocenters. The van der Waals surface area contributed by atoms with Crippen LogP contribution in [0, 0.1) is 21.7 Å². The van der Waals surface area contributed by atoms with Gasteiger partial charge in [0.2, 0.25) is 0 Å². The zero-order valence-corrected chi connectivity index (χ0v) is 17.8. The first-order valence-corrected chi connectivity index (χ1v) is 12.0. The van der Waals surface area contributed by atoms with Crippen LogP contribution in [-0.4, -0.2) is 0 Å². The molecular weight excluding hydrogens is 424 g/mol. The number of hydrogen-bond donors (Lipinski definition) is 0. The van der Waals surface area contributed by atoms with Crippen LogP contribution >= 0.6 is 31.9 Å². The zero-order valence-electron chi connectivity index (χ0n) is 14.7. The lowest BCUT2D eigenvalue weighted by Gasteiger charge is -2.71. The van der Waals surface area contributed by atoms with Crippen LogP contribution in [0.5, 0.6) is 0 Å². The molecular formula is C22H28Br2. The van der Waals surface area contributed by atoms with Gasteiger partial charge in [0.15, 0.2) is 0 Å². The average molecular weight is 452 g/mol. The standard InChI is InChI=1S/C22H28Br2/c23-17-15(19(7-1-8-19)21(17)11-3-12-21)5-6-16-18(24)22(13-4-14-22)20(16)9-2-10-20/h1-14H2. The first kappa shape index (κ1) is 15.5. The summed E-state index contributed by atoms with van der Waals surface area (Å²) in [4.78, 5) is 0. The van der Waals surface area contributed by atoms with Crippen molar-refractivity contribution in [2.45, 2.75) is 89.9 Å². The normalized spacial score (nSPS) is 35.2. The van der Waals surface area contributed by atoms with Gasteiger partial charge in [-0.2, -0.15) is 0 Å². The number of halogens is 2. The minimum absolute atomic E-state index is 0.620. The third-order valence-corrected chi connectivity index (χ3v) is 12.3. The molecule has 0 N–H and O–H groups in total. The lowest BCUT2D eigenvalue weighted by molar-refractivity contribution is -0.0751. The molecule has 0 amide bonds. The molecule has 0 aromatic carbocycles. The number of fused-ring (bicyclic) bond motifs is 2. The second-order valence-corrected chi connectivity index (χ2v) is 11.4. The smallest absolute Gasteiger partial charge is 0.0113 e. The molecule has 6 rings (SSSR count). The topological polar surface area (TPSA) is 0 Å². The summed E-state index contributed by atoms with van der Waals surface area (Å²) in [5.41, 5.74) is 6.25. The summed E-state index contributed by atoms with van der Waals surface area (Å²) < 4.78 is 3.33. The second-order valence-electron chi connectivity index (χ2n) is 9.83. The molecule has 6 aliphatic rings. The lowest BCUT2D eigenvalue weighted by Crippen LogP contribution is -2.60. The van der Waals surface area contributed by atoms with Crippen LogP contribution in [-0.2, 0) is 0 Å². The molecule has 0 saturated heterocycles. The molecule has 2 heteroatoms. The number of rotatable bonds is 3. The van der Waals surface area contributed by atoms with Crippen molar-refractivity contribution in [2.24, 2.45) is 21.7 Å². The number of allylic oxidation sites excluding steroid dienone is 4. The second kappa shape index (κ2) is 4.64. The maximum atomic E-state index is 4.07. The molecule has 4 spiro atoms. The molecule has 0 aliphatic heterocycles. The van der Waals surface area contributed by atoms with Gasteiger partial charge in [-0.15, -0.1) is 0 Å².